The molecule has 0 unspecified atom stereocenters. The number of likely N-dealkylation sites (tertiary alicyclic amines) is 1. The molecule has 0 spiro atoms. The summed E-state index contributed by atoms with van der Waals surface area (Å²) >= 11 is 0. The Morgan fingerprint density at radius 3 is 2.32 bits per heavy atom. The third-order valence-corrected chi connectivity index (χ3v) is 6.59. The lowest BCUT2D eigenvalue weighted by Crippen LogP contribution is -2.49. The van der Waals surface area contributed by atoms with Crippen molar-refractivity contribution >= 4 is 11.9 Å². The molecular formula is C24H33N5O2. The summed E-state index contributed by atoms with van der Waals surface area (Å²) in [6, 6.07) is 9.39. The molecule has 0 bridgehead atoms. The molecule has 0 atom stereocenters. The predicted octanol–water partition coefficient (Wildman–Crippen LogP) is 2.57. The Kier molecular flexibility index (Phi) is 7.35. The van der Waals surface area contributed by atoms with Crippen molar-refractivity contribution in [3.8, 4) is 5.75 Å². The van der Waals surface area contributed by atoms with Gasteiger partial charge in [-0.1, -0.05) is 12.1 Å². The van der Waals surface area contributed by atoms with E-state index in [-0.39, 0.29) is 5.91 Å². The highest BCUT2D eigenvalue weighted by Crippen LogP contribution is 2.23. The van der Waals surface area contributed by atoms with Gasteiger partial charge in [-0.05, 0) is 68.5 Å². The molecule has 166 valence electrons. The van der Waals surface area contributed by atoms with Crippen LogP contribution in [0, 0.1) is 5.92 Å². The maximum atomic E-state index is 12.7. The molecule has 1 aromatic carbocycles. The molecule has 2 aliphatic rings. The molecule has 2 aliphatic heterocycles. The number of phenols is 1. The van der Waals surface area contributed by atoms with E-state index in [2.05, 4.69) is 19.8 Å². The quantitative estimate of drug-likeness (QED) is 0.738. The van der Waals surface area contributed by atoms with E-state index in [4.69, 9.17) is 0 Å². The second-order valence-electron chi connectivity index (χ2n) is 8.66. The summed E-state index contributed by atoms with van der Waals surface area (Å²) in [5.74, 6) is 2.11. The van der Waals surface area contributed by atoms with Gasteiger partial charge in [0, 0.05) is 51.5 Å². The van der Waals surface area contributed by atoms with Gasteiger partial charge in [-0.2, -0.15) is 0 Å². The summed E-state index contributed by atoms with van der Waals surface area (Å²) in [6.45, 7) is 6.13. The van der Waals surface area contributed by atoms with Crippen LogP contribution in [-0.2, 0) is 11.2 Å². The predicted molar refractivity (Wildman–Crippen MR) is 121 cm³/mol. The number of aryl methyl sites for hydroxylation is 1. The molecule has 2 fully saturated rings. The first kappa shape index (κ1) is 21.6. The summed E-state index contributed by atoms with van der Waals surface area (Å²) in [7, 11) is 0. The molecule has 0 aliphatic carbocycles. The Labute approximate surface area is 184 Å². The number of piperazine rings is 1. The number of rotatable bonds is 7. The highest BCUT2D eigenvalue weighted by molar-refractivity contribution is 5.76. The van der Waals surface area contributed by atoms with Crippen LogP contribution in [0.15, 0.2) is 42.7 Å². The van der Waals surface area contributed by atoms with Crippen LogP contribution >= 0.6 is 0 Å². The summed E-state index contributed by atoms with van der Waals surface area (Å²) in [4.78, 5) is 27.9. The van der Waals surface area contributed by atoms with Crippen molar-refractivity contribution in [2.45, 2.75) is 32.1 Å². The van der Waals surface area contributed by atoms with Crippen LogP contribution in [0.5, 0.6) is 5.75 Å². The van der Waals surface area contributed by atoms with Gasteiger partial charge in [-0.15, -0.1) is 0 Å². The molecule has 31 heavy (non-hydrogen) atoms. The molecule has 2 aromatic rings. The van der Waals surface area contributed by atoms with Crippen LogP contribution in [0.3, 0.4) is 0 Å². The molecule has 3 heterocycles. The van der Waals surface area contributed by atoms with E-state index in [1.807, 2.05) is 23.1 Å². The zero-order valence-electron chi connectivity index (χ0n) is 18.2. The highest BCUT2D eigenvalue weighted by atomic mass is 16.3. The number of phenolic OH excluding ortho intramolecular Hbond substituents is 1. The Bertz CT molecular complexity index is 814. The number of hydrogen-bond acceptors (Lipinski definition) is 6. The second kappa shape index (κ2) is 10.6. The summed E-state index contributed by atoms with van der Waals surface area (Å²) < 4.78 is 0. The van der Waals surface area contributed by atoms with Crippen molar-refractivity contribution in [1.82, 2.24) is 19.8 Å². The van der Waals surface area contributed by atoms with Gasteiger partial charge >= 0.3 is 0 Å². The number of carbonyl (C=O) groups is 1. The molecule has 0 radical (unpaired) electrons. The van der Waals surface area contributed by atoms with Crippen molar-refractivity contribution in [2.24, 2.45) is 5.92 Å². The maximum absolute atomic E-state index is 12.7. The van der Waals surface area contributed by atoms with Gasteiger partial charge in [-0.3, -0.25) is 4.79 Å². The van der Waals surface area contributed by atoms with Gasteiger partial charge in [0.05, 0.1) is 0 Å². The lowest BCUT2D eigenvalue weighted by Gasteiger charge is -2.36. The zero-order valence-corrected chi connectivity index (χ0v) is 18.2. The van der Waals surface area contributed by atoms with Crippen LogP contribution in [0.1, 0.15) is 31.2 Å². The van der Waals surface area contributed by atoms with E-state index in [9.17, 15) is 9.90 Å². The molecule has 7 heteroatoms. The number of hydrogen-bond donors (Lipinski definition) is 1. The van der Waals surface area contributed by atoms with Crippen LogP contribution < -0.4 is 4.90 Å². The van der Waals surface area contributed by atoms with Crippen LogP contribution in [0.2, 0.25) is 0 Å². The summed E-state index contributed by atoms with van der Waals surface area (Å²) in [6.07, 6.45) is 8.83. The molecular weight excluding hydrogens is 390 g/mol. The largest absolute Gasteiger partial charge is 0.508 e. The topological polar surface area (TPSA) is 72.8 Å². The van der Waals surface area contributed by atoms with Crippen molar-refractivity contribution in [3.05, 3.63) is 48.3 Å². The van der Waals surface area contributed by atoms with Gasteiger partial charge < -0.3 is 19.8 Å². The van der Waals surface area contributed by atoms with Crippen molar-refractivity contribution in [3.63, 3.8) is 0 Å². The Hall–Kier alpha value is -2.67. The van der Waals surface area contributed by atoms with E-state index in [1.54, 1.807) is 24.5 Å². The van der Waals surface area contributed by atoms with Crippen molar-refractivity contribution in [1.29, 1.82) is 0 Å². The monoisotopic (exact) mass is 423 g/mol. The fourth-order valence-electron chi connectivity index (χ4n) is 4.55. The number of nitrogens with zero attached hydrogens (tertiary/aromatic N) is 5. The molecule has 2 saturated heterocycles. The van der Waals surface area contributed by atoms with E-state index in [0.717, 1.165) is 64.1 Å². The van der Waals surface area contributed by atoms with E-state index < -0.39 is 0 Å². The first-order valence-corrected chi connectivity index (χ1v) is 11.5. The molecule has 1 N–H and O–H groups in total. The van der Waals surface area contributed by atoms with Gasteiger partial charge in [0.2, 0.25) is 11.9 Å². The van der Waals surface area contributed by atoms with Gasteiger partial charge in [0.1, 0.15) is 5.75 Å². The number of piperidine rings is 1. The fourth-order valence-corrected chi connectivity index (χ4v) is 4.55. The molecule has 0 saturated carbocycles. The number of benzene rings is 1. The lowest BCUT2D eigenvalue weighted by atomic mass is 9.90. The molecule has 4 rings (SSSR count). The third-order valence-electron chi connectivity index (χ3n) is 6.59. The summed E-state index contributed by atoms with van der Waals surface area (Å²) in [5.41, 5.74) is 1.30. The number of carbonyl (C=O) groups excluding carboxylic acids is 1. The Balaban J connectivity index is 1.11. The molecule has 7 nitrogen and oxygen atoms in total. The number of amides is 1. The SMILES string of the molecule is O=C(CCN1CCC(CCc2ccc(O)cc2)CC1)N1CCN(c2ncccn2)CC1. The van der Waals surface area contributed by atoms with Crippen LogP contribution in [-0.4, -0.2) is 76.6 Å². The average molecular weight is 424 g/mol. The smallest absolute Gasteiger partial charge is 0.225 e. The van der Waals surface area contributed by atoms with Crippen LogP contribution in [0.4, 0.5) is 5.95 Å². The maximum Gasteiger partial charge on any atom is 0.225 e. The first-order chi connectivity index (χ1) is 15.2. The van der Waals surface area contributed by atoms with Crippen LogP contribution in [0.25, 0.3) is 0 Å². The van der Waals surface area contributed by atoms with Gasteiger partial charge in [-0.25, -0.2) is 9.97 Å². The lowest BCUT2D eigenvalue weighted by molar-refractivity contribution is -0.131. The van der Waals surface area contributed by atoms with E-state index in [1.165, 1.54) is 24.8 Å². The zero-order chi connectivity index (χ0) is 21.5. The van der Waals surface area contributed by atoms with E-state index in [0.29, 0.717) is 12.2 Å². The normalized spacial score (nSPS) is 18.3. The fraction of sp³-hybridized carbons (Fsp3) is 0.542. The van der Waals surface area contributed by atoms with Gasteiger partial charge in [0.25, 0.3) is 0 Å². The first-order valence-electron chi connectivity index (χ1n) is 11.5. The van der Waals surface area contributed by atoms with Crippen molar-refractivity contribution in [2.75, 3.05) is 50.7 Å². The second-order valence-corrected chi connectivity index (χ2v) is 8.66. The minimum Gasteiger partial charge on any atom is -0.508 e. The minimum absolute atomic E-state index is 0.267. The third kappa shape index (κ3) is 6.17. The van der Waals surface area contributed by atoms with Crippen molar-refractivity contribution < 1.29 is 9.90 Å². The van der Waals surface area contributed by atoms with Gasteiger partial charge in [0.15, 0.2) is 0 Å². The standard InChI is InChI=1S/C24H33N5O2/c30-22-6-4-20(5-7-22)2-3-21-8-13-27(14-9-21)15-10-23(31)28-16-18-29(19-17-28)24-25-11-1-12-26-24/h1,4-7,11-12,21,30H,2-3,8-10,13-19H2. The minimum atomic E-state index is 0.267. The molecule has 1 aromatic heterocycles. The number of aromatic hydroxyl groups is 1. The number of anilines is 1. The summed E-state index contributed by atoms with van der Waals surface area (Å²) in [5, 5.41) is 9.39. The highest BCUT2D eigenvalue weighted by Gasteiger charge is 2.24. The van der Waals surface area contributed by atoms with E-state index >= 15 is 0 Å². The Morgan fingerprint density at radius 1 is 0.968 bits per heavy atom. The number of aromatic nitrogens is 2. The average Bonchev–Trinajstić information content (AvgIpc) is 2.83. The Morgan fingerprint density at radius 2 is 1.65 bits per heavy atom. The molecule has 1 amide bonds.